The quantitative estimate of drug-likeness (QED) is 0.101. The van der Waals surface area contributed by atoms with E-state index >= 15 is 0 Å². The maximum Gasteiger partial charge on any atom is 0.184 e. The van der Waals surface area contributed by atoms with Gasteiger partial charge in [-0.15, -0.1) is 0 Å². The van der Waals surface area contributed by atoms with E-state index in [9.17, 15) is 0 Å². The molecule has 5 heteroatoms. The third kappa shape index (κ3) is 17.1. The van der Waals surface area contributed by atoms with Crippen LogP contribution in [-0.2, 0) is 49.9 Å². The van der Waals surface area contributed by atoms with E-state index in [0.29, 0.717) is 19.8 Å². The Morgan fingerprint density at radius 1 is 0.200 bits per heavy atom. The number of hydrogen-bond donors (Lipinski definition) is 0. The number of benzene rings is 20. The van der Waals surface area contributed by atoms with Crippen LogP contribution >= 0.6 is 0 Å². The molecule has 20 aromatic rings. The lowest BCUT2D eigenvalue weighted by Gasteiger charge is -2.18. The summed E-state index contributed by atoms with van der Waals surface area (Å²) in [5, 5.41) is 34.0. The third-order valence-electron chi connectivity index (χ3n) is 22.5. The molecule has 0 aliphatic carbocycles. The SMILES string of the molecule is CCc1c2ccccc2cc2ccccc12.COC(OC)c1c2ccccc2cc2ccccc12.COCc1c2ccccc2c(COC)c2ccccc12.COCc1c2ccccc2cc2ccccc12.Cc1c2ccccc2c(C)c2ccccc12.Cc1c2ccccc2cc2ccccc12.Cc1ccc(C)c2ccccc12. The summed E-state index contributed by atoms with van der Waals surface area (Å²) in [7, 11) is 8.57. The zero-order valence-corrected chi connectivity index (χ0v) is 67.9. The van der Waals surface area contributed by atoms with Gasteiger partial charge < -0.3 is 23.7 Å². The van der Waals surface area contributed by atoms with Gasteiger partial charge in [-0.25, -0.2) is 0 Å². The Hall–Kier alpha value is -12.4. The molecule has 0 aliphatic rings. The van der Waals surface area contributed by atoms with Gasteiger partial charge in [0.2, 0.25) is 0 Å². The molecular weight excluding hydrogens is 1400 g/mol. The van der Waals surface area contributed by atoms with Crippen LogP contribution in [0.4, 0.5) is 0 Å². The van der Waals surface area contributed by atoms with Crippen LogP contribution in [0.1, 0.15) is 68.8 Å². The molecule has 0 N–H and O–H groups in total. The van der Waals surface area contributed by atoms with Gasteiger partial charge in [0.15, 0.2) is 6.29 Å². The molecule has 0 aliphatic heterocycles. The Morgan fingerprint density at radius 2 is 0.391 bits per heavy atom. The number of ether oxygens (including phenoxy) is 5. The van der Waals surface area contributed by atoms with E-state index < -0.39 is 0 Å². The highest BCUT2D eigenvalue weighted by Gasteiger charge is 2.18. The number of aryl methyl sites for hydroxylation is 6. The van der Waals surface area contributed by atoms with Gasteiger partial charge in [-0.1, -0.05) is 335 Å². The topological polar surface area (TPSA) is 46.2 Å². The van der Waals surface area contributed by atoms with E-state index in [4.69, 9.17) is 23.7 Å². The Kier molecular flexibility index (Phi) is 25.8. The average Bonchev–Trinajstić information content (AvgIpc) is 0.759. The first-order valence-electron chi connectivity index (χ1n) is 39.8. The van der Waals surface area contributed by atoms with Crippen LogP contribution in [0, 0.1) is 34.6 Å². The predicted octanol–water partition coefficient (Wildman–Crippen LogP) is 29.6. The Morgan fingerprint density at radius 3 is 0.652 bits per heavy atom. The molecule has 570 valence electrons. The van der Waals surface area contributed by atoms with E-state index in [1.165, 1.54) is 190 Å². The Bertz CT molecular complexity index is 6320. The van der Waals surface area contributed by atoms with Crippen LogP contribution in [-0.4, -0.2) is 35.5 Å². The van der Waals surface area contributed by atoms with Crippen molar-refractivity contribution < 1.29 is 23.7 Å². The molecule has 0 heterocycles. The minimum absolute atomic E-state index is 0.351. The summed E-state index contributed by atoms with van der Waals surface area (Å²) >= 11 is 0. The normalized spacial score (nSPS) is 11.1. The minimum atomic E-state index is -0.351. The van der Waals surface area contributed by atoms with Crippen LogP contribution < -0.4 is 0 Å². The molecule has 20 rings (SSSR count). The molecular formula is C110H100O5. The van der Waals surface area contributed by atoms with Gasteiger partial charge in [-0.3, -0.25) is 0 Å². The van der Waals surface area contributed by atoms with Crippen molar-refractivity contribution in [3.05, 3.63) is 407 Å². The summed E-state index contributed by atoms with van der Waals surface area (Å²) in [6.45, 7) is 15.1. The van der Waals surface area contributed by atoms with Crippen molar-refractivity contribution in [3.63, 3.8) is 0 Å². The lowest BCUT2D eigenvalue weighted by atomic mass is 9.92. The monoisotopic (exact) mass is 1500 g/mol. The lowest BCUT2D eigenvalue weighted by Crippen LogP contribution is -2.05. The summed E-state index contributed by atoms with van der Waals surface area (Å²) in [5.74, 6) is 0. The molecule has 0 saturated heterocycles. The minimum Gasteiger partial charge on any atom is -0.380 e. The second-order valence-corrected chi connectivity index (χ2v) is 29.4. The Balaban J connectivity index is 0.000000111. The highest BCUT2D eigenvalue weighted by molar-refractivity contribution is 6.09. The summed E-state index contributed by atoms with van der Waals surface area (Å²) in [4.78, 5) is 0. The number of hydrogen-bond acceptors (Lipinski definition) is 5. The number of rotatable bonds is 10. The predicted molar refractivity (Wildman–Crippen MR) is 495 cm³/mol. The van der Waals surface area contributed by atoms with Crippen molar-refractivity contribution in [2.45, 2.75) is 74.1 Å². The zero-order chi connectivity index (χ0) is 79.7. The maximum absolute atomic E-state index is 5.48. The summed E-state index contributed by atoms with van der Waals surface area (Å²) in [5.41, 5.74) is 13.2. The zero-order valence-electron chi connectivity index (χ0n) is 67.9. The van der Waals surface area contributed by atoms with E-state index in [-0.39, 0.29) is 6.29 Å². The van der Waals surface area contributed by atoms with Crippen molar-refractivity contribution in [2.24, 2.45) is 0 Å². The van der Waals surface area contributed by atoms with Crippen LogP contribution in [0.2, 0.25) is 0 Å². The van der Waals surface area contributed by atoms with Gasteiger partial charge in [0.05, 0.1) is 19.8 Å². The van der Waals surface area contributed by atoms with Gasteiger partial charge in [-0.2, -0.15) is 0 Å². The molecule has 0 radical (unpaired) electrons. The van der Waals surface area contributed by atoms with Crippen LogP contribution in [0.5, 0.6) is 0 Å². The third-order valence-corrected chi connectivity index (χ3v) is 22.5. The molecule has 0 aromatic heterocycles. The standard InChI is InChI=1S/C18H18O2.C17H16O2.C16H14O.2C16H14.C15H12.C12H12/c1-19-11-17-13-7-3-5-9-15(13)18(12-20-2)16-10-6-4-8-14(16)17;1-18-17(19-2)16-14-9-5-3-7-12(14)11-13-8-4-6-10-15(13)16;1-17-11-16-14-8-4-2-6-12(14)10-13-7-3-5-9-15(13)16;1-11-13-7-3-5-9-15(13)12(2)16-10-6-4-8-14(11)16;1-2-14-15-9-5-3-7-12(15)11-13-8-4-6-10-16(13)14;1-11-14-8-4-2-6-12(14)10-13-7-3-5-9-15(11)13;1-9-7-8-10(2)12-6-4-3-5-11(9)12/h3-10H,11-12H2,1-2H3;3-11,17H,1-2H3;2-10H,11H2,1H3;3-10H,1-2H3;3-11H,2H2,1H3;2-10H,1H3;3-8H,1-2H3. The van der Waals surface area contributed by atoms with E-state index in [1.807, 2.05) is 12.1 Å². The molecule has 0 fully saturated rings. The van der Waals surface area contributed by atoms with Gasteiger partial charge in [0.25, 0.3) is 0 Å². The fraction of sp³-hybridized carbons (Fsp3) is 0.145. The van der Waals surface area contributed by atoms with Crippen molar-refractivity contribution >= 4 is 140 Å². The molecule has 0 atom stereocenters. The second-order valence-electron chi connectivity index (χ2n) is 29.4. The molecule has 5 nitrogen and oxygen atoms in total. The van der Waals surface area contributed by atoms with Crippen molar-refractivity contribution in [2.75, 3.05) is 35.5 Å². The van der Waals surface area contributed by atoms with E-state index in [1.54, 1.807) is 35.5 Å². The van der Waals surface area contributed by atoms with Crippen LogP contribution in [0.3, 0.4) is 0 Å². The van der Waals surface area contributed by atoms with Crippen molar-refractivity contribution in [1.82, 2.24) is 0 Å². The van der Waals surface area contributed by atoms with Gasteiger partial charge >= 0.3 is 0 Å². The molecule has 0 amide bonds. The lowest BCUT2D eigenvalue weighted by molar-refractivity contribution is -0.104. The smallest absolute Gasteiger partial charge is 0.184 e. The molecule has 115 heavy (non-hydrogen) atoms. The van der Waals surface area contributed by atoms with E-state index in [2.05, 4.69) is 381 Å². The average molecular weight is 1500 g/mol. The first-order valence-corrected chi connectivity index (χ1v) is 39.8. The first-order chi connectivity index (χ1) is 56.4. The second kappa shape index (κ2) is 37.5. The fourth-order valence-electron chi connectivity index (χ4n) is 16.8. The highest BCUT2D eigenvalue weighted by Crippen LogP contribution is 2.38. The molecule has 20 aromatic carbocycles. The van der Waals surface area contributed by atoms with Crippen molar-refractivity contribution in [3.8, 4) is 0 Å². The number of fused-ring (bicyclic) bond motifs is 13. The van der Waals surface area contributed by atoms with Crippen molar-refractivity contribution in [1.29, 1.82) is 0 Å². The summed E-state index contributed by atoms with van der Waals surface area (Å²) in [6, 6.07) is 124. The number of methoxy groups -OCH3 is 5. The largest absolute Gasteiger partial charge is 0.380 e. The Labute approximate surface area is 676 Å². The highest BCUT2D eigenvalue weighted by atomic mass is 16.7. The van der Waals surface area contributed by atoms with Gasteiger partial charge in [0.1, 0.15) is 0 Å². The van der Waals surface area contributed by atoms with E-state index in [0.717, 1.165) is 12.0 Å². The maximum atomic E-state index is 5.48. The molecule has 0 bridgehead atoms. The molecule has 0 spiro atoms. The first kappa shape index (κ1) is 79.2. The van der Waals surface area contributed by atoms with Gasteiger partial charge in [0, 0.05) is 41.1 Å². The molecule has 0 saturated carbocycles. The molecule has 0 unspecified atom stereocenters. The summed E-state index contributed by atoms with van der Waals surface area (Å²) in [6.07, 6.45) is 0.734. The fourth-order valence-corrected chi connectivity index (χ4v) is 16.8. The van der Waals surface area contributed by atoms with Gasteiger partial charge in [-0.05, 0) is 255 Å². The summed E-state index contributed by atoms with van der Waals surface area (Å²) < 4.78 is 27.1. The van der Waals surface area contributed by atoms with Crippen LogP contribution in [0.25, 0.3) is 140 Å². The van der Waals surface area contributed by atoms with Crippen LogP contribution in [0.15, 0.2) is 352 Å².